The maximum absolute atomic E-state index is 12.6. The van der Waals surface area contributed by atoms with Gasteiger partial charge < -0.3 is 15.7 Å². The zero-order valence-electron chi connectivity index (χ0n) is 14.8. The average Bonchev–Trinajstić information content (AvgIpc) is 2.53. The van der Waals surface area contributed by atoms with Crippen molar-refractivity contribution in [3.05, 3.63) is 47.8 Å². The number of carbonyl (C=O) groups excluding carboxylic acids is 1. The lowest BCUT2D eigenvalue weighted by molar-refractivity contribution is 0.243. The fraction of sp³-hybridized carbons (Fsp3) is 0.294. The van der Waals surface area contributed by atoms with E-state index in [1.54, 1.807) is 19.9 Å². The Balaban J connectivity index is 2.39. The third kappa shape index (κ3) is 5.17. The average molecular weight is 378 g/mol. The van der Waals surface area contributed by atoms with Gasteiger partial charge in [0.05, 0.1) is 18.0 Å². The molecule has 0 unspecified atom stereocenters. The van der Waals surface area contributed by atoms with E-state index in [0.29, 0.717) is 11.4 Å². The minimum atomic E-state index is -4.16. The monoisotopic (exact) mass is 378 g/mol. The van der Waals surface area contributed by atoms with Gasteiger partial charge >= 0.3 is 6.03 Å². The number of nitrogens with one attached hydrogen (secondary N) is 3. The van der Waals surface area contributed by atoms with Gasteiger partial charge in [0, 0.05) is 17.9 Å². The first-order valence-electron chi connectivity index (χ1n) is 7.98. The summed E-state index contributed by atoms with van der Waals surface area (Å²) in [6.07, 6.45) is 1.11. The van der Waals surface area contributed by atoms with E-state index < -0.39 is 16.1 Å². The third-order valence-electron chi connectivity index (χ3n) is 3.32. The number of nitrogens with zero attached hydrogens (tertiary/aromatic N) is 1. The first-order chi connectivity index (χ1) is 12.2. The summed E-state index contributed by atoms with van der Waals surface area (Å²) < 4.78 is 27.1. The van der Waals surface area contributed by atoms with E-state index in [1.807, 2.05) is 29.8 Å². The summed E-state index contributed by atoms with van der Waals surface area (Å²) >= 11 is 0. The molecule has 1 heterocycles. The summed E-state index contributed by atoms with van der Waals surface area (Å²) in [5, 5.41) is 14.8. The second-order valence-electron chi connectivity index (χ2n) is 6.06. The van der Waals surface area contributed by atoms with Gasteiger partial charge in [-0.25, -0.2) is 17.9 Å². The zero-order valence-corrected chi connectivity index (χ0v) is 15.6. The number of benzene rings is 1. The molecule has 0 spiro atoms. The maximum atomic E-state index is 12.6. The Morgan fingerprint density at radius 3 is 2.62 bits per heavy atom. The first kappa shape index (κ1) is 19.7. The molecule has 0 bridgehead atoms. The van der Waals surface area contributed by atoms with Gasteiger partial charge in [-0.1, -0.05) is 12.1 Å². The van der Waals surface area contributed by atoms with E-state index in [2.05, 4.69) is 15.6 Å². The minimum Gasteiger partial charge on any atom is -0.390 e. The third-order valence-corrected chi connectivity index (χ3v) is 4.68. The lowest BCUT2D eigenvalue weighted by Gasteiger charge is -2.15. The number of aromatic nitrogens is 1. The fourth-order valence-corrected chi connectivity index (χ4v) is 3.24. The molecule has 140 valence electrons. The van der Waals surface area contributed by atoms with E-state index in [9.17, 15) is 18.3 Å². The molecule has 1 aromatic heterocycles. The molecule has 0 radical (unpaired) electrons. The highest BCUT2D eigenvalue weighted by molar-refractivity contribution is 7.90. The lowest BCUT2D eigenvalue weighted by atomic mass is 10.2. The summed E-state index contributed by atoms with van der Waals surface area (Å²) in [6.45, 7) is 5.00. The van der Waals surface area contributed by atoms with Gasteiger partial charge in [0.25, 0.3) is 10.0 Å². The van der Waals surface area contributed by atoms with Crippen LogP contribution in [0.25, 0.3) is 0 Å². The number of sulfonamides is 1. The van der Waals surface area contributed by atoms with Gasteiger partial charge in [-0.05, 0) is 44.5 Å². The van der Waals surface area contributed by atoms with Crippen LogP contribution in [0.1, 0.15) is 25.1 Å². The van der Waals surface area contributed by atoms with E-state index >= 15 is 0 Å². The first-order valence-corrected chi connectivity index (χ1v) is 9.46. The molecule has 2 rings (SSSR count). The second-order valence-corrected chi connectivity index (χ2v) is 7.71. The van der Waals surface area contributed by atoms with Crippen molar-refractivity contribution in [2.75, 3.05) is 5.32 Å². The molecular formula is C17H22N4O4S. The predicted molar refractivity (Wildman–Crippen MR) is 98.6 cm³/mol. The topological polar surface area (TPSA) is 120 Å². The van der Waals surface area contributed by atoms with E-state index in [1.165, 1.54) is 6.07 Å². The number of aryl methyl sites for hydroxylation is 1. The van der Waals surface area contributed by atoms with Crippen LogP contribution in [0.4, 0.5) is 16.2 Å². The summed E-state index contributed by atoms with van der Waals surface area (Å²) in [6, 6.07) is 7.74. The molecular weight excluding hydrogens is 356 g/mol. The summed E-state index contributed by atoms with van der Waals surface area (Å²) in [7, 11) is -4.16. The van der Waals surface area contributed by atoms with Crippen LogP contribution in [0.3, 0.4) is 0 Å². The van der Waals surface area contributed by atoms with Gasteiger partial charge in [0.1, 0.15) is 4.90 Å². The molecule has 0 saturated heterocycles. The Hall–Kier alpha value is -2.65. The van der Waals surface area contributed by atoms with Crippen molar-refractivity contribution in [1.29, 1.82) is 0 Å². The number of carbonyl (C=O) groups is 1. The van der Waals surface area contributed by atoms with Crippen molar-refractivity contribution < 1.29 is 18.3 Å². The summed E-state index contributed by atoms with van der Waals surface area (Å²) in [4.78, 5) is 15.5. The van der Waals surface area contributed by atoms with Crippen LogP contribution < -0.4 is 15.4 Å². The number of urea groups is 1. The standard InChI is InChI=1S/C17H22N4O4S/c1-11(2)19-17(23)21-26(24,25)16-9-18-14(10-22)8-15(16)20-13-6-4-5-12(3)7-13/h4-9,11,22H,10H2,1-3H3,(H,18,20)(H2,19,21,23). The maximum Gasteiger partial charge on any atom is 0.328 e. The molecule has 0 aliphatic carbocycles. The number of aliphatic hydroxyl groups excluding tert-OH is 1. The molecule has 8 nitrogen and oxygen atoms in total. The second kappa shape index (κ2) is 8.15. The largest absolute Gasteiger partial charge is 0.390 e. The molecule has 1 aromatic carbocycles. The molecule has 9 heteroatoms. The minimum absolute atomic E-state index is 0.199. The van der Waals surface area contributed by atoms with Crippen molar-refractivity contribution in [2.45, 2.75) is 38.3 Å². The predicted octanol–water partition coefficient (Wildman–Crippen LogP) is 2.02. The number of hydrogen-bond donors (Lipinski definition) is 4. The van der Waals surface area contributed by atoms with Gasteiger partial charge in [-0.3, -0.25) is 4.98 Å². The molecule has 0 aliphatic heterocycles. The summed E-state index contributed by atoms with van der Waals surface area (Å²) in [5.74, 6) is 0. The summed E-state index contributed by atoms with van der Waals surface area (Å²) in [5.41, 5.74) is 2.17. The van der Waals surface area contributed by atoms with Gasteiger partial charge in [-0.15, -0.1) is 0 Å². The lowest BCUT2D eigenvalue weighted by Crippen LogP contribution is -2.42. The SMILES string of the molecule is Cc1cccc(Nc2cc(CO)ncc2S(=O)(=O)NC(=O)NC(C)C)c1. The molecule has 0 saturated carbocycles. The van der Waals surface area contributed by atoms with Gasteiger partial charge in [-0.2, -0.15) is 0 Å². The van der Waals surface area contributed by atoms with Crippen molar-refractivity contribution in [1.82, 2.24) is 15.0 Å². The Bertz CT molecular complexity index is 897. The van der Waals surface area contributed by atoms with Gasteiger partial charge in [0.2, 0.25) is 0 Å². The molecule has 2 amide bonds. The number of aliphatic hydroxyl groups is 1. The molecule has 0 atom stereocenters. The quantitative estimate of drug-likeness (QED) is 0.610. The Morgan fingerprint density at radius 2 is 2.00 bits per heavy atom. The van der Waals surface area contributed by atoms with Crippen LogP contribution in [0, 0.1) is 6.92 Å². The van der Waals surface area contributed by atoms with Crippen LogP contribution in [-0.4, -0.2) is 30.6 Å². The van der Waals surface area contributed by atoms with Crippen molar-refractivity contribution >= 4 is 27.4 Å². The number of anilines is 2. The smallest absolute Gasteiger partial charge is 0.328 e. The Kier molecular flexibility index (Phi) is 6.17. The van der Waals surface area contributed by atoms with Crippen LogP contribution in [-0.2, 0) is 16.6 Å². The van der Waals surface area contributed by atoms with Gasteiger partial charge in [0.15, 0.2) is 0 Å². The van der Waals surface area contributed by atoms with Crippen molar-refractivity contribution in [2.24, 2.45) is 0 Å². The van der Waals surface area contributed by atoms with Crippen LogP contribution in [0.15, 0.2) is 41.4 Å². The molecule has 26 heavy (non-hydrogen) atoms. The molecule has 0 fully saturated rings. The van der Waals surface area contributed by atoms with Crippen LogP contribution >= 0.6 is 0 Å². The molecule has 4 N–H and O–H groups in total. The molecule has 0 aliphatic rings. The number of pyridine rings is 1. The van der Waals surface area contributed by atoms with Crippen molar-refractivity contribution in [3.8, 4) is 0 Å². The van der Waals surface area contributed by atoms with Crippen molar-refractivity contribution in [3.63, 3.8) is 0 Å². The zero-order chi connectivity index (χ0) is 19.3. The van der Waals surface area contributed by atoms with Crippen LogP contribution in [0.5, 0.6) is 0 Å². The van der Waals surface area contributed by atoms with E-state index in [0.717, 1.165) is 11.8 Å². The highest BCUT2D eigenvalue weighted by Crippen LogP contribution is 2.25. The van der Waals surface area contributed by atoms with Crippen LogP contribution in [0.2, 0.25) is 0 Å². The highest BCUT2D eigenvalue weighted by atomic mass is 32.2. The number of amides is 2. The normalized spacial score (nSPS) is 11.3. The van der Waals surface area contributed by atoms with E-state index in [4.69, 9.17) is 0 Å². The Labute approximate surface area is 152 Å². The number of hydrogen-bond acceptors (Lipinski definition) is 6. The van der Waals surface area contributed by atoms with E-state index in [-0.39, 0.29) is 23.2 Å². The molecule has 2 aromatic rings. The fourth-order valence-electron chi connectivity index (χ4n) is 2.23. The number of rotatable bonds is 6. The Morgan fingerprint density at radius 1 is 1.27 bits per heavy atom. The highest BCUT2D eigenvalue weighted by Gasteiger charge is 2.23.